The molecule has 49 heavy (non-hydrogen) atoms. The summed E-state index contributed by atoms with van der Waals surface area (Å²) in [5.74, 6) is 1.44. The predicted molar refractivity (Wildman–Crippen MR) is 217 cm³/mol. The van der Waals surface area contributed by atoms with Gasteiger partial charge in [0, 0.05) is 38.0 Å². The molecule has 0 radical (unpaired) electrons. The van der Waals surface area contributed by atoms with Gasteiger partial charge in [-0.2, -0.15) is 0 Å². The van der Waals surface area contributed by atoms with Crippen LogP contribution in [0.2, 0.25) is 6.04 Å². The van der Waals surface area contributed by atoms with E-state index >= 15 is 0 Å². The number of rotatable bonds is 36. The molecule has 292 valence electrons. The number of carbonyl (C=O) groups is 1. The van der Waals surface area contributed by atoms with Gasteiger partial charge in [-0.25, -0.2) is 5.48 Å². The van der Waals surface area contributed by atoms with Crippen LogP contribution in [-0.2, 0) is 18.2 Å². The molecule has 7 heteroatoms. The Bertz CT molecular complexity index is 690. The van der Waals surface area contributed by atoms with Crippen molar-refractivity contribution in [2.45, 2.75) is 232 Å². The number of hydroxylamine groups is 1. The van der Waals surface area contributed by atoms with Crippen LogP contribution < -0.4 is 5.48 Å². The van der Waals surface area contributed by atoms with Gasteiger partial charge in [-0.1, -0.05) is 199 Å². The molecular formula is C42H85NO4SSi. The highest BCUT2D eigenvalue weighted by Crippen LogP contribution is 2.25. The molecule has 0 spiro atoms. The van der Waals surface area contributed by atoms with Gasteiger partial charge in [-0.05, 0) is 38.0 Å². The molecule has 1 rings (SSSR count). The Hall–Kier alpha value is 0.0769. The van der Waals surface area contributed by atoms with Crippen LogP contribution in [0.25, 0.3) is 0 Å². The van der Waals surface area contributed by atoms with Crippen molar-refractivity contribution in [1.29, 1.82) is 0 Å². The van der Waals surface area contributed by atoms with E-state index < -0.39 is 8.80 Å². The molecule has 1 N–H and O–H groups in total. The van der Waals surface area contributed by atoms with Crippen molar-refractivity contribution in [3.63, 3.8) is 0 Å². The molecule has 1 heterocycles. The molecule has 0 amide bonds. The monoisotopic (exact) mass is 728 g/mol. The topological polar surface area (TPSA) is 56.8 Å². The lowest BCUT2D eigenvalue weighted by molar-refractivity contribution is -0.111. The number of carbonyl (C=O) groups excluding carboxylic acids is 1. The predicted octanol–water partition coefficient (Wildman–Crippen LogP) is 13.9. The third kappa shape index (κ3) is 30.3. The summed E-state index contributed by atoms with van der Waals surface area (Å²) in [4.78, 5) is 12.4. The Balaban J connectivity index is 2.31. The summed E-state index contributed by atoms with van der Waals surface area (Å²) in [5.41, 5.74) is 3.35. The molecule has 2 unspecified atom stereocenters. The highest BCUT2D eigenvalue weighted by atomic mass is 32.2. The van der Waals surface area contributed by atoms with Gasteiger partial charge in [-0.15, -0.1) is 0 Å². The Morgan fingerprint density at radius 2 is 1.10 bits per heavy atom. The summed E-state index contributed by atoms with van der Waals surface area (Å²) in [6, 6.07) is 0.790. The van der Waals surface area contributed by atoms with Crippen LogP contribution in [0.4, 0.5) is 0 Å². The first-order valence-electron chi connectivity index (χ1n) is 22.0. The Kier molecular flexibility index (Phi) is 35.0. The quantitative estimate of drug-likeness (QED) is 0.0512. The van der Waals surface area contributed by atoms with Gasteiger partial charge in [0.15, 0.2) is 5.12 Å². The van der Waals surface area contributed by atoms with Crippen LogP contribution >= 0.6 is 11.8 Å². The van der Waals surface area contributed by atoms with Crippen molar-refractivity contribution in [2.24, 2.45) is 5.92 Å². The minimum Gasteiger partial charge on any atom is -0.373 e. The lowest BCUT2D eigenvalue weighted by atomic mass is 9.97. The maximum atomic E-state index is 12.4. The molecule has 1 aliphatic heterocycles. The maximum Gasteiger partial charge on any atom is 0.517 e. The molecule has 1 saturated heterocycles. The van der Waals surface area contributed by atoms with Gasteiger partial charge < -0.3 is 8.85 Å². The molecule has 5 nitrogen and oxygen atoms in total. The summed E-state index contributed by atoms with van der Waals surface area (Å²) in [7, 11) is -2.81. The van der Waals surface area contributed by atoms with Gasteiger partial charge in [0.2, 0.25) is 0 Å². The number of hydrogen-bond acceptors (Lipinski definition) is 6. The highest BCUT2D eigenvalue weighted by Gasteiger charge is 2.42. The summed E-state index contributed by atoms with van der Waals surface area (Å²) >= 11 is 1.50. The fourth-order valence-electron chi connectivity index (χ4n) is 6.98. The second-order valence-electron chi connectivity index (χ2n) is 15.2. The van der Waals surface area contributed by atoms with Gasteiger partial charge in [0.25, 0.3) is 0 Å². The molecule has 1 aliphatic rings. The van der Waals surface area contributed by atoms with E-state index in [1.165, 1.54) is 185 Å². The third-order valence-electron chi connectivity index (χ3n) is 10.4. The zero-order valence-corrected chi connectivity index (χ0v) is 35.1. The molecular weight excluding hydrogens is 643 g/mol. The van der Waals surface area contributed by atoms with Crippen LogP contribution in [0.15, 0.2) is 0 Å². The van der Waals surface area contributed by atoms with Gasteiger partial charge >= 0.3 is 8.80 Å². The first-order chi connectivity index (χ1) is 24.2. The molecule has 0 bridgehead atoms. The number of unbranched alkanes of at least 4 members (excludes halogenated alkanes) is 25. The van der Waals surface area contributed by atoms with E-state index in [1.807, 2.05) is 0 Å². The molecule has 0 saturated carbocycles. The van der Waals surface area contributed by atoms with E-state index in [4.69, 9.17) is 13.4 Å². The van der Waals surface area contributed by atoms with E-state index in [9.17, 15) is 4.79 Å². The van der Waals surface area contributed by atoms with Crippen LogP contribution in [0.5, 0.6) is 0 Å². The fraction of sp³-hybridized carbons (Fsp3) is 0.976. The maximum absolute atomic E-state index is 12.4. The van der Waals surface area contributed by atoms with E-state index in [1.54, 1.807) is 0 Å². The smallest absolute Gasteiger partial charge is 0.373 e. The van der Waals surface area contributed by atoms with E-state index in [0.717, 1.165) is 57.2 Å². The highest BCUT2D eigenvalue weighted by molar-refractivity contribution is 8.13. The summed E-state index contributed by atoms with van der Waals surface area (Å²) in [6.07, 6.45) is 41.4. The average molecular weight is 728 g/mol. The van der Waals surface area contributed by atoms with Gasteiger partial charge in [0.05, 0.1) is 0 Å². The average Bonchev–Trinajstić information content (AvgIpc) is 3.09. The summed E-state index contributed by atoms with van der Waals surface area (Å²) < 4.78 is 19.5. The van der Waals surface area contributed by atoms with Crippen molar-refractivity contribution in [1.82, 2.24) is 5.48 Å². The largest absolute Gasteiger partial charge is 0.517 e. The molecule has 0 aromatic heterocycles. The molecule has 0 aromatic carbocycles. The third-order valence-corrected chi connectivity index (χ3v) is 14.1. The fourth-order valence-corrected chi connectivity index (χ4v) is 10.4. The normalized spacial score (nSPS) is 18.5. The molecule has 2 atom stereocenters. The minimum absolute atomic E-state index is 0.340. The van der Waals surface area contributed by atoms with Gasteiger partial charge in [0.1, 0.15) is 0 Å². The second-order valence-corrected chi connectivity index (χ2v) is 19.0. The van der Waals surface area contributed by atoms with Gasteiger partial charge in [-0.3, -0.25) is 9.32 Å². The Morgan fingerprint density at radius 3 is 1.63 bits per heavy atom. The van der Waals surface area contributed by atoms with E-state index in [0.29, 0.717) is 17.5 Å². The van der Waals surface area contributed by atoms with Crippen molar-refractivity contribution < 1.29 is 18.2 Å². The van der Waals surface area contributed by atoms with Crippen molar-refractivity contribution in [2.75, 3.05) is 25.5 Å². The van der Waals surface area contributed by atoms with Crippen LogP contribution in [0, 0.1) is 5.92 Å². The lowest BCUT2D eigenvalue weighted by Crippen LogP contribution is -2.52. The lowest BCUT2D eigenvalue weighted by Gasteiger charge is -2.33. The van der Waals surface area contributed by atoms with Crippen molar-refractivity contribution in [3.05, 3.63) is 0 Å². The SMILES string of the molecule is CCCCCCCCCCCCCCCC1CCO[Si](CCCSC(=O)CCCCCCC)(OCCCCCCCCCCCC)ONC1. The Labute approximate surface area is 312 Å². The number of thioether (sulfide) groups is 1. The number of nitrogens with one attached hydrogen (secondary N) is 1. The van der Waals surface area contributed by atoms with Crippen molar-refractivity contribution in [3.8, 4) is 0 Å². The first kappa shape index (κ1) is 47.1. The molecule has 0 aliphatic carbocycles. The van der Waals surface area contributed by atoms with E-state index in [-0.39, 0.29) is 0 Å². The van der Waals surface area contributed by atoms with Crippen LogP contribution in [0.3, 0.4) is 0 Å². The molecule has 0 aromatic rings. The standard InChI is InChI=1S/C42H85NO4SSi/c1-4-7-10-13-15-17-19-20-21-22-24-27-29-33-41-35-37-46-49(47-43-40-41,39-32-38-48-42(44)34-30-26-12-9-6-3)45-36-31-28-25-23-18-16-14-11-8-5-2/h41,43H,4-40H2,1-3H3. The summed E-state index contributed by atoms with van der Waals surface area (Å²) in [5, 5.41) is 0.340. The minimum atomic E-state index is -2.81. The van der Waals surface area contributed by atoms with E-state index in [2.05, 4.69) is 26.3 Å². The summed E-state index contributed by atoms with van der Waals surface area (Å²) in [6.45, 7) is 9.16. The zero-order chi connectivity index (χ0) is 35.4. The second kappa shape index (κ2) is 36.4. The number of hydrogen-bond donors (Lipinski definition) is 1. The van der Waals surface area contributed by atoms with Crippen LogP contribution in [-0.4, -0.2) is 39.4 Å². The van der Waals surface area contributed by atoms with Crippen LogP contribution in [0.1, 0.15) is 226 Å². The van der Waals surface area contributed by atoms with Crippen molar-refractivity contribution >= 4 is 25.7 Å². The first-order valence-corrected chi connectivity index (χ1v) is 24.9. The zero-order valence-electron chi connectivity index (χ0n) is 33.3. The Morgan fingerprint density at radius 1 is 0.633 bits per heavy atom. The molecule has 1 fully saturated rings.